The van der Waals surface area contributed by atoms with Crippen molar-refractivity contribution in [1.29, 1.82) is 0 Å². The van der Waals surface area contributed by atoms with Gasteiger partial charge in [-0.05, 0) is 101 Å². The van der Waals surface area contributed by atoms with E-state index in [2.05, 4.69) is 54.0 Å². The summed E-state index contributed by atoms with van der Waals surface area (Å²) in [5.74, 6) is 0.422. The largest absolute Gasteiger partial charge is 0.756 e. The van der Waals surface area contributed by atoms with Gasteiger partial charge in [0.05, 0.1) is 17.8 Å². The fourth-order valence-electron chi connectivity index (χ4n) is 6.21. The number of rotatable bonds is 9. The number of aromatic nitrogens is 4. The summed E-state index contributed by atoms with van der Waals surface area (Å²) in [6, 6.07) is 6.73. The first-order valence-corrected chi connectivity index (χ1v) is 16.3. The Morgan fingerprint density at radius 1 is 1.23 bits per heavy atom. The Morgan fingerprint density at radius 3 is 2.56 bits per heavy atom. The smallest absolute Gasteiger partial charge is 0.271 e. The number of primary amides is 1. The van der Waals surface area contributed by atoms with E-state index in [-0.39, 0.29) is 18.6 Å². The van der Waals surface area contributed by atoms with Crippen LogP contribution in [0.5, 0.6) is 0 Å². The molecule has 43 heavy (non-hydrogen) atoms. The zero-order valence-electron chi connectivity index (χ0n) is 26.1. The minimum atomic E-state index is -4.51. The van der Waals surface area contributed by atoms with Gasteiger partial charge in [-0.1, -0.05) is 24.4 Å². The molecule has 1 fully saturated rings. The molecule has 0 saturated carbocycles. The fourth-order valence-corrected chi connectivity index (χ4v) is 7.20. The molecule has 0 radical (unpaired) electrons. The van der Waals surface area contributed by atoms with Crippen LogP contribution in [0.15, 0.2) is 30.7 Å². The topological polar surface area (TPSA) is 142 Å². The molecule has 11 nitrogen and oxygen atoms in total. The number of nitrogens with zero attached hydrogens (tertiary/aromatic N) is 4. The number of carbonyl (C=O) groups is 1. The van der Waals surface area contributed by atoms with Crippen molar-refractivity contribution >= 4 is 30.3 Å². The second-order valence-electron chi connectivity index (χ2n) is 13.0. The van der Waals surface area contributed by atoms with E-state index in [0.717, 1.165) is 59.5 Å². The maximum atomic E-state index is 12.4. The highest BCUT2D eigenvalue weighted by atomic mass is 31.2. The third-order valence-electron chi connectivity index (χ3n) is 8.25. The number of hydrogen-bond donors (Lipinski definition) is 2. The fraction of sp³-hybridized carbons (Fsp3) is 0.516. The zero-order valence-corrected chi connectivity index (χ0v) is 27.0. The van der Waals surface area contributed by atoms with E-state index in [0.29, 0.717) is 12.5 Å². The zero-order chi connectivity index (χ0) is 31.3. The van der Waals surface area contributed by atoms with Gasteiger partial charge in [-0.2, -0.15) is 0 Å². The molecule has 1 atom stereocenters. The number of piperidine rings is 1. The Labute approximate surface area is 252 Å². The van der Waals surface area contributed by atoms with Crippen LogP contribution in [0.1, 0.15) is 81.5 Å². The molecule has 4 aromatic rings. The number of aromatic amines is 1. The maximum absolute atomic E-state index is 12.4. The van der Waals surface area contributed by atoms with Gasteiger partial charge in [-0.25, -0.2) is 4.57 Å². The van der Waals surface area contributed by atoms with Gasteiger partial charge in [0.25, 0.3) is 19.8 Å². The Balaban J connectivity index is 1.48. The third kappa shape index (κ3) is 6.71. The minimum Gasteiger partial charge on any atom is -0.756 e. The van der Waals surface area contributed by atoms with Crippen LogP contribution in [0, 0.1) is 13.8 Å². The van der Waals surface area contributed by atoms with E-state index in [4.69, 9.17) is 14.8 Å². The normalized spacial score (nSPS) is 16.9. The molecule has 1 aliphatic heterocycles. The minimum absolute atomic E-state index is 0.242. The number of nitrogens with one attached hydrogen (secondary N) is 1. The molecular formula is C31H43N6O5P. The number of carbonyl (C=O) groups excluding carboxylic acids is 1. The van der Waals surface area contributed by atoms with Crippen molar-refractivity contribution in [2.24, 2.45) is 5.73 Å². The number of nitrogens with two attached hydrogens (primary N) is 1. The summed E-state index contributed by atoms with van der Waals surface area (Å²) in [5.41, 5.74) is 13.0. The van der Waals surface area contributed by atoms with Gasteiger partial charge in [0.1, 0.15) is 6.20 Å². The van der Waals surface area contributed by atoms with Crippen LogP contribution >= 0.6 is 7.82 Å². The van der Waals surface area contributed by atoms with Gasteiger partial charge < -0.3 is 20.1 Å². The van der Waals surface area contributed by atoms with E-state index in [9.17, 15) is 14.3 Å². The number of fused-ring (bicyclic) bond motifs is 2. The Kier molecular flexibility index (Phi) is 8.59. The Morgan fingerprint density at radius 2 is 1.93 bits per heavy atom. The summed E-state index contributed by atoms with van der Waals surface area (Å²) >= 11 is 0. The van der Waals surface area contributed by atoms with Crippen LogP contribution in [0.25, 0.3) is 27.8 Å². The second kappa shape index (κ2) is 11.8. The first-order valence-electron chi connectivity index (χ1n) is 14.8. The monoisotopic (exact) mass is 610 g/mol. The summed E-state index contributed by atoms with van der Waals surface area (Å²) < 4.78 is 26.1. The van der Waals surface area contributed by atoms with Gasteiger partial charge in [0, 0.05) is 27.1 Å². The Hall–Kier alpha value is -3.08. The predicted molar refractivity (Wildman–Crippen MR) is 163 cm³/mol. The van der Waals surface area contributed by atoms with E-state index < -0.39 is 13.4 Å². The molecule has 3 aromatic heterocycles. The number of likely N-dealkylation sites (tertiary alicyclic amines) is 1. The number of phosphoric ester groups is 1. The van der Waals surface area contributed by atoms with Gasteiger partial charge in [0.2, 0.25) is 5.91 Å². The third-order valence-corrected chi connectivity index (χ3v) is 9.45. The molecule has 1 unspecified atom stereocenters. The first kappa shape index (κ1) is 31.3. The van der Waals surface area contributed by atoms with Crippen LogP contribution in [0.3, 0.4) is 0 Å². The average Bonchev–Trinajstić information content (AvgIpc) is 3.49. The lowest BCUT2D eigenvalue weighted by Gasteiger charge is -2.31. The predicted octanol–water partition coefficient (Wildman–Crippen LogP) is 4.43. The molecule has 5 rings (SSSR count). The lowest BCUT2D eigenvalue weighted by molar-refractivity contribution is -0.704. The standard InChI is InChI=1S/C31H43N6O5P/c1-19(2)28-24-14-23(22-10-12-35(13-11-22)16-27(32)38)8-9-26(24)34-29(28)25-15-37-30(21(4)20(25)3)36(17-33-37)18-41-43(39,40)42-31(5,6)7/h8-9,14-15,17,19,22,34H,10-13,16,18H2,1-7H3,(H2-,32,38,39,40). The average molecular weight is 611 g/mol. The van der Waals surface area contributed by atoms with Crippen molar-refractivity contribution in [3.63, 3.8) is 0 Å². The van der Waals surface area contributed by atoms with Gasteiger partial charge in [-0.3, -0.25) is 18.8 Å². The van der Waals surface area contributed by atoms with Crippen molar-refractivity contribution in [2.75, 3.05) is 19.6 Å². The summed E-state index contributed by atoms with van der Waals surface area (Å²) in [6.45, 7) is 15.3. The number of pyridine rings is 1. The molecule has 4 heterocycles. The SMILES string of the molecule is Cc1c(-c2[nH]c3ccc(C4CCN(CC(N)=O)CC4)cc3c2C(C)C)cn2nc[n+](COP(=O)([O-])OC(C)(C)C)c2c1C. The van der Waals surface area contributed by atoms with Gasteiger partial charge in [0.15, 0.2) is 6.73 Å². The number of H-pyrrole nitrogens is 1. The van der Waals surface area contributed by atoms with Gasteiger partial charge >= 0.3 is 0 Å². The summed E-state index contributed by atoms with van der Waals surface area (Å²) in [7, 11) is -4.51. The highest BCUT2D eigenvalue weighted by Crippen LogP contribution is 2.43. The van der Waals surface area contributed by atoms with Crippen molar-refractivity contribution in [3.05, 3.63) is 53.0 Å². The molecule has 0 bridgehead atoms. The van der Waals surface area contributed by atoms with E-state index in [1.54, 1.807) is 36.2 Å². The molecule has 1 saturated heterocycles. The van der Waals surface area contributed by atoms with Gasteiger partial charge in [-0.15, -0.1) is 0 Å². The summed E-state index contributed by atoms with van der Waals surface area (Å²) in [4.78, 5) is 29.5. The lowest BCUT2D eigenvalue weighted by atomic mass is 9.87. The number of benzene rings is 1. The number of amides is 1. The van der Waals surface area contributed by atoms with Crippen molar-refractivity contribution in [2.45, 2.75) is 85.5 Å². The molecule has 1 aliphatic rings. The number of hydrogen-bond acceptors (Lipinski definition) is 7. The lowest BCUT2D eigenvalue weighted by Crippen LogP contribution is -2.39. The first-order chi connectivity index (χ1) is 20.1. The molecule has 1 aromatic carbocycles. The van der Waals surface area contributed by atoms with Crippen LogP contribution in [0.2, 0.25) is 0 Å². The van der Waals surface area contributed by atoms with Crippen LogP contribution in [-0.2, 0) is 25.1 Å². The van der Waals surface area contributed by atoms with Crippen LogP contribution in [0.4, 0.5) is 0 Å². The van der Waals surface area contributed by atoms with Crippen molar-refractivity contribution < 1.29 is 27.9 Å². The second-order valence-corrected chi connectivity index (χ2v) is 14.3. The highest BCUT2D eigenvalue weighted by Gasteiger charge is 2.27. The molecule has 12 heteroatoms. The molecule has 0 spiro atoms. The molecule has 232 valence electrons. The highest BCUT2D eigenvalue weighted by molar-refractivity contribution is 7.45. The van der Waals surface area contributed by atoms with Crippen molar-refractivity contribution in [1.82, 2.24) is 19.5 Å². The maximum Gasteiger partial charge on any atom is 0.271 e. The van der Waals surface area contributed by atoms with Crippen LogP contribution in [-0.4, -0.2) is 50.6 Å². The number of phosphoric acid groups is 1. The van der Waals surface area contributed by atoms with E-state index in [1.807, 2.05) is 13.1 Å². The summed E-state index contributed by atoms with van der Waals surface area (Å²) in [6.07, 6.45) is 5.55. The quantitative estimate of drug-likeness (QED) is 0.211. The molecule has 1 amide bonds. The van der Waals surface area contributed by atoms with Crippen LogP contribution < -0.4 is 15.2 Å². The summed E-state index contributed by atoms with van der Waals surface area (Å²) in [5, 5.41) is 5.75. The molecule has 3 N–H and O–H groups in total. The molecule has 0 aliphatic carbocycles. The van der Waals surface area contributed by atoms with Crippen molar-refractivity contribution in [3.8, 4) is 11.3 Å². The molecular weight excluding hydrogens is 567 g/mol. The van der Waals surface area contributed by atoms with E-state index in [1.165, 1.54) is 16.5 Å². The number of aryl methyl sites for hydroxylation is 1. The van der Waals surface area contributed by atoms with E-state index >= 15 is 0 Å². The Bertz CT molecular complexity index is 1710.